The number of ketones is 1. The van der Waals surface area contributed by atoms with E-state index in [1.807, 2.05) is 0 Å². The second-order valence-corrected chi connectivity index (χ2v) is 6.18. The first kappa shape index (κ1) is 19.1. The van der Waals surface area contributed by atoms with Crippen LogP contribution in [0, 0.1) is 5.82 Å². The van der Waals surface area contributed by atoms with Crippen molar-refractivity contribution < 1.29 is 23.5 Å². The second kappa shape index (κ2) is 9.30. The monoisotopic (exact) mass is 349 g/mol. The van der Waals surface area contributed by atoms with Crippen molar-refractivity contribution in [3.8, 4) is 0 Å². The minimum atomic E-state index is -0.400. The molecule has 1 fully saturated rings. The van der Waals surface area contributed by atoms with Crippen molar-refractivity contribution in [3.05, 3.63) is 35.6 Å². The number of hydrogen-bond donors (Lipinski definition) is 0. The molecule has 1 heterocycles. The van der Waals surface area contributed by atoms with Gasteiger partial charge in [-0.1, -0.05) is 0 Å². The summed E-state index contributed by atoms with van der Waals surface area (Å²) < 4.78 is 17.9. The van der Waals surface area contributed by atoms with E-state index in [-0.39, 0.29) is 43.0 Å². The summed E-state index contributed by atoms with van der Waals surface area (Å²) in [7, 11) is 0. The number of ether oxygens (including phenoxy) is 1. The fourth-order valence-corrected chi connectivity index (χ4v) is 3.10. The van der Waals surface area contributed by atoms with Crippen LogP contribution in [0.2, 0.25) is 0 Å². The third-order valence-corrected chi connectivity index (χ3v) is 4.39. The van der Waals surface area contributed by atoms with Crippen LogP contribution in [0.5, 0.6) is 0 Å². The predicted molar refractivity (Wildman–Crippen MR) is 90.6 cm³/mol. The Balaban J connectivity index is 1.89. The molecular weight excluding hydrogens is 325 g/mol. The number of hydrogen-bond acceptors (Lipinski definition) is 4. The van der Waals surface area contributed by atoms with Gasteiger partial charge in [0.15, 0.2) is 5.78 Å². The number of rotatable bonds is 7. The van der Waals surface area contributed by atoms with Crippen molar-refractivity contribution >= 4 is 17.7 Å². The molecule has 0 spiro atoms. The van der Waals surface area contributed by atoms with E-state index in [1.165, 1.54) is 24.3 Å². The molecule has 0 aromatic heterocycles. The Hall–Kier alpha value is -2.24. The minimum Gasteiger partial charge on any atom is -0.466 e. The molecule has 0 saturated carbocycles. The largest absolute Gasteiger partial charge is 0.466 e. The lowest BCUT2D eigenvalue weighted by atomic mass is 9.98. The molecule has 1 amide bonds. The third kappa shape index (κ3) is 5.66. The lowest BCUT2D eigenvalue weighted by Gasteiger charge is -2.35. The van der Waals surface area contributed by atoms with Crippen LogP contribution in [0.3, 0.4) is 0 Å². The number of piperidine rings is 1. The minimum absolute atomic E-state index is 0.0765. The highest BCUT2D eigenvalue weighted by atomic mass is 19.1. The zero-order valence-corrected chi connectivity index (χ0v) is 14.5. The van der Waals surface area contributed by atoms with Crippen molar-refractivity contribution in [2.45, 2.75) is 51.5 Å². The number of carbonyl (C=O) groups is 3. The Morgan fingerprint density at radius 3 is 2.56 bits per heavy atom. The normalized spacial score (nSPS) is 17.2. The number of likely N-dealkylation sites (tertiary alicyclic amines) is 1. The van der Waals surface area contributed by atoms with Crippen LogP contribution in [0.15, 0.2) is 24.3 Å². The average molecular weight is 349 g/mol. The second-order valence-electron chi connectivity index (χ2n) is 6.18. The molecular formula is C19H24FNO4. The Kier molecular flexibility index (Phi) is 7.10. The first-order valence-corrected chi connectivity index (χ1v) is 8.75. The van der Waals surface area contributed by atoms with Gasteiger partial charge >= 0.3 is 5.97 Å². The Morgan fingerprint density at radius 1 is 1.16 bits per heavy atom. The number of nitrogens with zero attached hydrogens (tertiary/aromatic N) is 1. The number of halogens is 1. The molecule has 0 bridgehead atoms. The Labute approximate surface area is 147 Å². The Morgan fingerprint density at radius 2 is 1.88 bits per heavy atom. The molecule has 1 saturated heterocycles. The summed E-state index contributed by atoms with van der Waals surface area (Å²) in [6.07, 6.45) is 3.02. The lowest BCUT2D eigenvalue weighted by molar-refractivity contribution is -0.146. The van der Waals surface area contributed by atoms with Crippen molar-refractivity contribution in [1.82, 2.24) is 4.90 Å². The first-order chi connectivity index (χ1) is 12.0. The zero-order chi connectivity index (χ0) is 18.2. The van der Waals surface area contributed by atoms with Gasteiger partial charge in [-0.3, -0.25) is 14.4 Å². The van der Waals surface area contributed by atoms with Gasteiger partial charge in [-0.2, -0.15) is 0 Å². The third-order valence-electron chi connectivity index (χ3n) is 4.39. The highest BCUT2D eigenvalue weighted by molar-refractivity contribution is 5.98. The molecule has 25 heavy (non-hydrogen) atoms. The number of amides is 1. The summed E-state index contributed by atoms with van der Waals surface area (Å²) in [6.45, 7) is 2.68. The smallest absolute Gasteiger partial charge is 0.307 e. The molecule has 1 aromatic carbocycles. The maximum atomic E-state index is 12.9. The van der Waals surface area contributed by atoms with Crippen LogP contribution in [-0.2, 0) is 14.3 Å². The summed E-state index contributed by atoms with van der Waals surface area (Å²) in [5, 5.41) is 0. The molecule has 1 atom stereocenters. The molecule has 0 N–H and O–H groups in total. The summed E-state index contributed by atoms with van der Waals surface area (Å²) in [4.78, 5) is 38.0. The highest BCUT2D eigenvalue weighted by Crippen LogP contribution is 2.22. The topological polar surface area (TPSA) is 63.7 Å². The lowest BCUT2D eigenvalue weighted by Crippen LogP contribution is -2.45. The average Bonchev–Trinajstić information content (AvgIpc) is 2.60. The fourth-order valence-electron chi connectivity index (χ4n) is 3.10. The maximum absolute atomic E-state index is 12.9. The molecule has 2 rings (SSSR count). The van der Waals surface area contributed by atoms with E-state index >= 15 is 0 Å². The summed E-state index contributed by atoms with van der Waals surface area (Å²) in [6, 6.07) is 5.16. The van der Waals surface area contributed by atoms with Crippen LogP contribution < -0.4 is 0 Å². The molecule has 1 aliphatic heterocycles. The van der Waals surface area contributed by atoms with E-state index in [0.717, 1.165) is 19.3 Å². The zero-order valence-electron chi connectivity index (χ0n) is 14.5. The van der Waals surface area contributed by atoms with E-state index in [1.54, 1.807) is 11.8 Å². The van der Waals surface area contributed by atoms with Crippen molar-refractivity contribution in [3.63, 3.8) is 0 Å². The SMILES string of the molecule is CCOC(=O)C[C@H]1CCCCN1C(=O)CCC(=O)c1ccc(F)cc1. The molecule has 5 nitrogen and oxygen atoms in total. The van der Waals surface area contributed by atoms with Gasteiger partial charge in [0.2, 0.25) is 5.91 Å². The highest BCUT2D eigenvalue weighted by Gasteiger charge is 2.29. The van der Waals surface area contributed by atoms with Gasteiger partial charge in [0.1, 0.15) is 5.82 Å². The number of carbonyl (C=O) groups excluding carboxylic acids is 3. The number of esters is 1. The van der Waals surface area contributed by atoms with E-state index in [4.69, 9.17) is 4.74 Å². The summed E-state index contributed by atoms with van der Waals surface area (Å²) in [5.41, 5.74) is 0.399. The fraction of sp³-hybridized carbons (Fsp3) is 0.526. The van der Waals surface area contributed by atoms with Gasteiger partial charge in [-0.15, -0.1) is 0 Å². The molecule has 0 unspecified atom stereocenters. The van der Waals surface area contributed by atoms with E-state index in [9.17, 15) is 18.8 Å². The van der Waals surface area contributed by atoms with Gasteiger partial charge < -0.3 is 9.64 Å². The van der Waals surface area contributed by atoms with Crippen molar-refractivity contribution in [2.24, 2.45) is 0 Å². The van der Waals surface area contributed by atoms with E-state index in [0.29, 0.717) is 18.7 Å². The summed E-state index contributed by atoms with van der Waals surface area (Å²) >= 11 is 0. The molecule has 0 radical (unpaired) electrons. The van der Waals surface area contributed by atoms with Gasteiger partial charge in [0.25, 0.3) is 0 Å². The molecule has 1 aliphatic rings. The van der Waals surface area contributed by atoms with Gasteiger partial charge in [-0.25, -0.2) is 4.39 Å². The van der Waals surface area contributed by atoms with Crippen LogP contribution in [0.25, 0.3) is 0 Å². The Bertz CT molecular complexity index is 614. The van der Waals surface area contributed by atoms with Crippen LogP contribution in [0.4, 0.5) is 4.39 Å². The van der Waals surface area contributed by atoms with Crippen LogP contribution in [-0.4, -0.2) is 41.8 Å². The van der Waals surface area contributed by atoms with E-state index in [2.05, 4.69) is 0 Å². The van der Waals surface area contributed by atoms with Gasteiger partial charge in [0, 0.05) is 31.0 Å². The maximum Gasteiger partial charge on any atom is 0.307 e. The van der Waals surface area contributed by atoms with Gasteiger partial charge in [-0.05, 0) is 50.5 Å². The number of Topliss-reactive ketones (excluding diaryl/α,β-unsaturated/α-hetero) is 1. The van der Waals surface area contributed by atoms with Crippen LogP contribution in [0.1, 0.15) is 55.8 Å². The van der Waals surface area contributed by atoms with Crippen molar-refractivity contribution in [2.75, 3.05) is 13.2 Å². The molecule has 136 valence electrons. The predicted octanol–water partition coefficient (Wildman–Crippen LogP) is 3.12. The van der Waals surface area contributed by atoms with E-state index < -0.39 is 5.82 Å². The first-order valence-electron chi connectivity index (χ1n) is 8.75. The number of benzene rings is 1. The summed E-state index contributed by atoms with van der Waals surface area (Å²) in [5.74, 6) is -1.01. The van der Waals surface area contributed by atoms with Crippen LogP contribution >= 0.6 is 0 Å². The molecule has 0 aliphatic carbocycles. The molecule has 1 aromatic rings. The van der Waals surface area contributed by atoms with Gasteiger partial charge in [0.05, 0.1) is 13.0 Å². The quantitative estimate of drug-likeness (QED) is 0.560. The standard InChI is InChI=1S/C19H24FNO4/c1-2-25-19(24)13-16-5-3-4-12-21(16)18(23)11-10-17(22)14-6-8-15(20)9-7-14/h6-9,16H,2-5,10-13H2,1H3/t16-/m1/s1. The van der Waals surface area contributed by atoms with Crippen molar-refractivity contribution in [1.29, 1.82) is 0 Å². The molecule has 6 heteroatoms.